The molecule has 1 atom stereocenters. The molecule has 0 bridgehead atoms. The van der Waals surface area contributed by atoms with Crippen LogP contribution in [0.15, 0.2) is 63.4 Å². The number of hydrogen-bond donors (Lipinski definition) is 1. The number of para-hydroxylation sites is 1. The molecule has 2 aliphatic rings. The smallest absolute Gasteiger partial charge is 0.336 e. The van der Waals surface area contributed by atoms with E-state index in [1.165, 1.54) is 7.11 Å². The second kappa shape index (κ2) is 9.65. The number of rotatable bonds is 5. The van der Waals surface area contributed by atoms with E-state index in [0.717, 1.165) is 50.3 Å². The largest absolute Gasteiger partial charge is 0.488 e. The molecule has 0 unspecified atom stereocenters. The topological polar surface area (TPSA) is 64.6 Å². The number of dihydropyridines is 1. The van der Waals surface area contributed by atoms with E-state index in [2.05, 4.69) is 54.2 Å². The molecule has 0 saturated carbocycles. The summed E-state index contributed by atoms with van der Waals surface area (Å²) in [4.78, 5) is 26.5. The molecule has 1 N–H and O–H groups in total. The quantitative estimate of drug-likeness (QED) is 0.445. The molecular formula is C29H32BrNO4. The molecule has 0 aromatic heterocycles. The van der Waals surface area contributed by atoms with E-state index in [4.69, 9.17) is 9.47 Å². The van der Waals surface area contributed by atoms with Crippen molar-refractivity contribution in [3.63, 3.8) is 0 Å². The summed E-state index contributed by atoms with van der Waals surface area (Å²) in [5.74, 6) is -0.0644. The Morgan fingerprint density at radius 3 is 2.51 bits per heavy atom. The van der Waals surface area contributed by atoms with Gasteiger partial charge in [-0.2, -0.15) is 0 Å². The van der Waals surface area contributed by atoms with Gasteiger partial charge < -0.3 is 14.8 Å². The summed E-state index contributed by atoms with van der Waals surface area (Å²) < 4.78 is 12.2. The molecule has 184 valence electrons. The number of allylic oxidation sites excluding steroid dienone is 3. The Labute approximate surface area is 215 Å². The highest BCUT2D eigenvalue weighted by atomic mass is 79.9. The number of carbonyl (C=O) groups excluding carboxylic acids is 2. The Bertz CT molecular complexity index is 1270. The van der Waals surface area contributed by atoms with Gasteiger partial charge in [0, 0.05) is 29.3 Å². The van der Waals surface area contributed by atoms with Crippen LogP contribution in [-0.2, 0) is 20.9 Å². The molecular weight excluding hydrogens is 506 g/mol. The third kappa shape index (κ3) is 4.94. The molecule has 1 heterocycles. The summed E-state index contributed by atoms with van der Waals surface area (Å²) in [5, 5.41) is 3.38. The van der Waals surface area contributed by atoms with Crippen LogP contribution in [0.25, 0.3) is 0 Å². The number of methoxy groups -OCH3 is 1. The van der Waals surface area contributed by atoms with E-state index < -0.39 is 11.9 Å². The van der Waals surface area contributed by atoms with Crippen molar-refractivity contribution in [3.8, 4) is 5.75 Å². The maximum absolute atomic E-state index is 13.5. The van der Waals surface area contributed by atoms with Gasteiger partial charge in [-0.1, -0.05) is 38.1 Å². The van der Waals surface area contributed by atoms with Crippen LogP contribution in [0.5, 0.6) is 5.75 Å². The van der Waals surface area contributed by atoms with E-state index in [0.29, 0.717) is 24.2 Å². The second-order valence-corrected chi connectivity index (χ2v) is 11.1. The fourth-order valence-electron chi connectivity index (χ4n) is 5.23. The summed E-state index contributed by atoms with van der Waals surface area (Å²) in [6.07, 6.45) is 1.19. The minimum absolute atomic E-state index is 0.0774. The fourth-order valence-corrected chi connectivity index (χ4v) is 5.63. The number of Topliss-reactive ketones (excluding diaryl/α,β-unsaturated/α-hetero) is 1. The lowest BCUT2D eigenvalue weighted by molar-refractivity contribution is -0.136. The maximum Gasteiger partial charge on any atom is 0.336 e. The molecule has 2 aromatic rings. The molecule has 35 heavy (non-hydrogen) atoms. The normalized spacial score (nSPS) is 19.3. The van der Waals surface area contributed by atoms with E-state index >= 15 is 0 Å². The van der Waals surface area contributed by atoms with Crippen molar-refractivity contribution in [2.75, 3.05) is 7.11 Å². The summed E-state index contributed by atoms with van der Waals surface area (Å²) >= 11 is 3.54. The molecule has 1 aliphatic heterocycles. The number of carbonyl (C=O) groups is 2. The Hall–Kier alpha value is -2.86. The number of ether oxygens (including phenoxy) is 2. The number of halogens is 1. The lowest BCUT2D eigenvalue weighted by Gasteiger charge is -2.39. The zero-order chi connectivity index (χ0) is 25.5. The SMILES string of the molecule is COC(=O)C1=C(C)NC2=C(C(=O)CC(C)(C)C2)[C@H]1c1cc(COc2ccccc2Br)c(C)cc1C. The van der Waals surface area contributed by atoms with Crippen LogP contribution in [0, 0.1) is 19.3 Å². The van der Waals surface area contributed by atoms with Gasteiger partial charge in [0.1, 0.15) is 12.4 Å². The predicted octanol–water partition coefficient (Wildman–Crippen LogP) is 6.42. The van der Waals surface area contributed by atoms with Gasteiger partial charge in [0.25, 0.3) is 0 Å². The van der Waals surface area contributed by atoms with Crippen LogP contribution in [-0.4, -0.2) is 18.9 Å². The molecule has 0 radical (unpaired) electrons. The zero-order valence-electron chi connectivity index (χ0n) is 21.2. The number of esters is 1. The van der Waals surface area contributed by atoms with Crippen molar-refractivity contribution in [2.45, 2.75) is 60.0 Å². The standard InChI is InChI=1S/C29H32BrNO4/c1-16-11-17(2)20(12-19(16)15-35-24-10-8-7-9-21(24)30)26-25(28(33)34-6)18(3)31-22-13-29(4,5)14-23(32)27(22)26/h7-12,26,31H,13-15H2,1-6H3/t26-/m0/s1. The van der Waals surface area contributed by atoms with Crippen molar-refractivity contribution >= 4 is 27.7 Å². The molecule has 6 heteroatoms. The number of hydrogen-bond acceptors (Lipinski definition) is 5. The first kappa shape index (κ1) is 25.2. The van der Waals surface area contributed by atoms with Gasteiger partial charge in [0.05, 0.1) is 17.2 Å². The molecule has 1 aliphatic carbocycles. The van der Waals surface area contributed by atoms with E-state index in [-0.39, 0.29) is 11.2 Å². The monoisotopic (exact) mass is 537 g/mol. The highest BCUT2D eigenvalue weighted by Crippen LogP contribution is 2.47. The lowest BCUT2D eigenvalue weighted by atomic mass is 9.68. The highest BCUT2D eigenvalue weighted by molar-refractivity contribution is 9.10. The fraction of sp³-hybridized carbons (Fsp3) is 0.379. The van der Waals surface area contributed by atoms with Crippen LogP contribution < -0.4 is 10.1 Å². The predicted molar refractivity (Wildman–Crippen MR) is 140 cm³/mol. The van der Waals surface area contributed by atoms with Crippen molar-refractivity contribution in [1.82, 2.24) is 5.32 Å². The van der Waals surface area contributed by atoms with Gasteiger partial charge in [0.2, 0.25) is 0 Å². The van der Waals surface area contributed by atoms with Gasteiger partial charge in [-0.05, 0) is 82.9 Å². The summed E-state index contributed by atoms with van der Waals surface area (Å²) in [6.45, 7) is 10.6. The van der Waals surface area contributed by atoms with Crippen molar-refractivity contribution in [3.05, 3.63) is 85.7 Å². The molecule has 0 spiro atoms. The number of benzene rings is 2. The first-order chi connectivity index (χ1) is 16.5. The van der Waals surface area contributed by atoms with Gasteiger partial charge in [-0.15, -0.1) is 0 Å². The van der Waals surface area contributed by atoms with Crippen LogP contribution in [0.1, 0.15) is 61.8 Å². The average Bonchev–Trinajstić information content (AvgIpc) is 2.77. The lowest BCUT2D eigenvalue weighted by Crippen LogP contribution is -2.38. The minimum atomic E-state index is -0.481. The highest BCUT2D eigenvalue weighted by Gasteiger charge is 2.43. The van der Waals surface area contributed by atoms with Crippen molar-refractivity contribution in [2.24, 2.45) is 5.41 Å². The molecule has 0 saturated heterocycles. The van der Waals surface area contributed by atoms with Gasteiger partial charge in [-0.25, -0.2) is 4.79 Å². The van der Waals surface area contributed by atoms with Gasteiger partial charge in [-0.3, -0.25) is 4.79 Å². The number of aryl methyl sites for hydroxylation is 2. The average molecular weight is 538 g/mol. The number of ketones is 1. The van der Waals surface area contributed by atoms with Crippen LogP contribution in [0.4, 0.5) is 0 Å². The third-order valence-corrected chi connectivity index (χ3v) is 7.56. The molecule has 5 nitrogen and oxygen atoms in total. The zero-order valence-corrected chi connectivity index (χ0v) is 22.8. The Morgan fingerprint density at radius 2 is 1.83 bits per heavy atom. The Balaban J connectivity index is 1.83. The first-order valence-electron chi connectivity index (χ1n) is 11.8. The van der Waals surface area contributed by atoms with Crippen LogP contribution in [0.2, 0.25) is 0 Å². The maximum atomic E-state index is 13.5. The van der Waals surface area contributed by atoms with E-state index in [1.54, 1.807) is 0 Å². The molecule has 0 fully saturated rings. The van der Waals surface area contributed by atoms with Gasteiger partial charge >= 0.3 is 5.97 Å². The van der Waals surface area contributed by atoms with E-state index in [9.17, 15) is 9.59 Å². The number of nitrogens with one attached hydrogen (secondary N) is 1. The summed E-state index contributed by atoms with van der Waals surface area (Å²) in [5.41, 5.74) is 6.74. The van der Waals surface area contributed by atoms with E-state index in [1.807, 2.05) is 38.1 Å². The summed E-state index contributed by atoms with van der Waals surface area (Å²) in [6, 6.07) is 11.9. The second-order valence-electron chi connectivity index (χ2n) is 10.3. The molecule has 0 amide bonds. The van der Waals surface area contributed by atoms with Crippen LogP contribution >= 0.6 is 15.9 Å². The Kier molecular flexibility index (Phi) is 6.96. The summed E-state index contributed by atoms with van der Waals surface area (Å²) in [7, 11) is 1.38. The first-order valence-corrected chi connectivity index (χ1v) is 12.6. The Morgan fingerprint density at radius 1 is 1.11 bits per heavy atom. The molecule has 2 aromatic carbocycles. The third-order valence-electron chi connectivity index (χ3n) is 6.90. The molecule has 4 rings (SSSR count). The van der Waals surface area contributed by atoms with Gasteiger partial charge in [0.15, 0.2) is 5.78 Å². The van der Waals surface area contributed by atoms with Crippen molar-refractivity contribution in [1.29, 1.82) is 0 Å². The van der Waals surface area contributed by atoms with Crippen LogP contribution in [0.3, 0.4) is 0 Å². The van der Waals surface area contributed by atoms with Crippen molar-refractivity contribution < 1.29 is 19.1 Å². The minimum Gasteiger partial charge on any atom is -0.488 e.